The topological polar surface area (TPSA) is 89.0 Å². The molecule has 106 valence electrons. The van der Waals surface area contributed by atoms with E-state index in [0.717, 1.165) is 11.3 Å². The van der Waals surface area contributed by atoms with Crippen LogP contribution in [0.5, 0.6) is 0 Å². The first-order chi connectivity index (χ1) is 9.44. The van der Waals surface area contributed by atoms with E-state index in [9.17, 15) is 13.2 Å². The number of halogens is 1. The fraction of sp³-hybridized carbons (Fsp3) is 0.182. The highest BCUT2D eigenvalue weighted by atomic mass is 35.5. The Balaban J connectivity index is 1.96. The van der Waals surface area contributed by atoms with Gasteiger partial charge >= 0.3 is 0 Å². The van der Waals surface area contributed by atoms with Crippen LogP contribution >= 0.6 is 22.9 Å². The van der Waals surface area contributed by atoms with Crippen LogP contribution in [0.25, 0.3) is 0 Å². The number of carbonyl (C=O) groups is 1. The molecule has 6 nitrogen and oxygen atoms in total. The number of hydrogen-bond donors (Lipinski definition) is 1. The first-order valence-electron chi connectivity index (χ1n) is 5.45. The Morgan fingerprint density at radius 2 is 2.00 bits per heavy atom. The highest BCUT2D eigenvalue weighted by molar-refractivity contribution is 7.91. The number of nitrogens with one attached hydrogen (secondary N) is 1. The summed E-state index contributed by atoms with van der Waals surface area (Å²) in [5.74, 6) is -1.45. The van der Waals surface area contributed by atoms with Gasteiger partial charge in [0.25, 0.3) is 0 Å². The van der Waals surface area contributed by atoms with Gasteiger partial charge in [-0.05, 0) is 17.7 Å². The van der Waals surface area contributed by atoms with Gasteiger partial charge in [0.2, 0.25) is 11.0 Å². The Hall–Kier alpha value is -1.51. The molecule has 0 fully saturated rings. The minimum atomic E-state index is -3.55. The average molecular weight is 332 g/mol. The lowest BCUT2D eigenvalue weighted by molar-refractivity contribution is -0.113. The Morgan fingerprint density at radius 3 is 2.60 bits per heavy atom. The average Bonchev–Trinajstić information content (AvgIpc) is 2.83. The number of anilines is 1. The second kappa shape index (κ2) is 6.29. The summed E-state index contributed by atoms with van der Waals surface area (Å²) in [5.41, 5.74) is 2.02. The summed E-state index contributed by atoms with van der Waals surface area (Å²) in [7, 11) is -3.55. The zero-order valence-corrected chi connectivity index (χ0v) is 12.5. The van der Waals surface area contributed by atoms with Crippen LogP contribution in [0, 0.1) is 0 Å². The van der Waals surface area contributed by atoms with Gasteiger partial charge in [0.05, 0.1) is 5.75 Å². The molecule has 1 aromatic heterocycles. The summed E-state index contributed by atoms with van der Waals surface area (Å²) < 4.78 is 23.8. The summed E-state index contributed by atoms with van der Waals surface area (Å²) in [6, 6.07) is 6.44. The Kier molecular flexibility index (Phi) is 4.69. The van der Waals surface area contributed by atoms with Crippen LogP contribution in [0.3, 0.4) is 0 Å². The van der Waals surface area contributed by atoms with E-state index in [4.69, 9.17) is 11.6 Å². The highest BCUT2D eigenvalue weighted by Crippen LogP contribution is 2.13. The van der Waals surface area contributed by atoms with E-state index in [1.54, 1.807) is 24.3 Å². The molecule has 0 atom stereocenters. The van der Waals surface area contributed by atoms with E-state index in [-0.39, 0.29) is 10.9 Å². The summed E-state index contributed by atoms with van der Waals surface area (Å²) in [5, 5.41) is 10.3. The molecule has 1 amide bonds. The second-order valence-electron chi connectivity index (χ2n) is 3.95. The van der Waals surface area contributed by atoms with Crippen molar-refractivity contribution in [2.45, 2.75) is 5.75 Å². The van der Waals surface area contributed by atoms with Crippen molar-refractivity contribution in [2.75, 3.05) is 11.1 Å². The van der Waals surface area contributed by atoms with Crippen molar-refractivity contribution in [3.05, 3.63) is 40.4 Å². The fourth-order valence-corrected chi connectivity index (χ4v) is 3.33. The van der Waals surface area contributed by atoms with Crippen LogP contribution < -0.4 is 5.32 Å². The maximum atomic E-state index is 11.9. The van der Waals surface area contributed by atoms with Crippen LogP contribution in [0.4, 0.5) is 5.13 Å². The summed E-state index contributed by atoms with van der Waals surface area (Å²) in [6.45, 7) is 0. The number of benzene rings is 1. The third-order valence-corrected chi connectivity index (χ3v) is 4.59. The number of hydrogen-bond acceptors (Lipinski definition) is 6. The van der Waals surface area contributed by atoms with E-state index in [0.29, 0.717) is 10.6 Å². The van der Waals surface area contributed by atoms with Gasteiger partial charge in [-0.2, -0.15) is 0 Å². The Morgan fingerprint density at radius 1 is 1.30 bits per heavy atom. The van der Waals surface area contributed by atoms with Crippen LogP contribution in [-0.4, -0.2) is 30.3 Å². The molecule has 0 unspecified atom stereocenters. The number of nitrogens with zero attached hydrogens (tertiary/aromatic N) is 2. The van der Waals surface area contributed by atoms with E-state index in [1.807, 2.05) is 0 Å². The molecular weight excluding hydrogens is 322 g/mol. The van der Waals surface area contributed by atoms with E-state index in [2.05, 4.69) is 15.5 Å². The maximum Gasteiger partial charge on any atom is 0.241 e. The minimum absolute atomic E-state index is 0.215. The molecule has 0 bridgehead atoms. The van der Waals surface area contributed by atoms with Crippen molar-refractivity contribution in [3.8, 4) is 0 Å². The number of carbonyl (C=O) groups excluding carboxylic acids is 1. The van der Waals surface area contributed by atoms with Gasteiger partial charge in [0, 0.05) is 5.02 Å². The molecule has 1 N–H and O–H groups in total. The molecule has 0 aliphatic heterocycles. The van der Waals surface area contributed by atoms with Crippen molar-refractivity contribution in [1.29, 1.82) is 0 Å². The SMILES string of the molecule is O=C(CS(=O)(=O)Cc1ccc(Cl)cc1)Nc1nncs1. The summed E-state index contributed by atoms with van der Waals surface area (Å²) in [6.07, 6.45) is 0. The van der Waals surface area contributed by atoms with Crippen molar-refractivity contribution < 1.29 is 13.2 Å². The number of sulfone groups is 1. The quantitative estimate of drug-likeness (QED) is 0.901. The molecule has 0 radical (unpaired) electrons. The molecule has 0 saturated heterocycles. The molecule has 0 aliphatic carbocycles. The predicted molar refractivity (Wildman–Crippen MR) is 77.5 cm³/mol. The highest BCUT2D eigenvalue weighted by Gasteiger charge is 2.18. The molecule has 2 aromatic rings. The maximum absolute atomic E-state index is 11.9. The predicted octanol–water partition coefficient (Wildman–Crippen LogP) is 1.75. The largest absolute Gasteiger partial charge is 0.300 e. The summed E-state index contributed by atoms with van der Waals surface area (Å²) >= 11 is 6.84. The lowest BCUT2D eigenvalue weighted by atomic mass is 10.2. The van der Waals surface area contributed by atoms with Gasteiger partial charge in [0.15, 0.2) is 9.84 Å². The van der Waals surface area contributed by atoms with E-state index in [1.165, 1.54) is 5.51 Å². The van der Waals surface area contributed by atoms with Gasteiger partial charge in [-0.1, -0.05) is 35.1 Å². The van der Waals surface area contributed by atoms with E-state index >= 15 is 0 Å². The van der Waals surface area contributed by atoms with Crippen molar-refractivity contribution in [3.63, 3.8) is 0 Å². The van der Waals surface area contributed by atoms with Gasteiger partial charge in [-0.3, -0.25) is 10.1 Å². The molecule has 0 aliphatic rings. The molecule has 20 heavy (non-hydrogen) atoms. The normalized spacial score (nSPS) is 11.2. The van der Waals surface area contributed by atoms with Gasteiger partial charge in [-0.15, -0.1) is 10.2 Å². The minimum Gasteiger partial charge on any atom is -0.300 e. The molecule has 9 heteroatoms. The second-order valence-corrected chi connectivity index (χ2v) is 7.28. The van der Waals surface area contributed by atoms with Crippen LogP contribution in [0.2, 0.25) is 5.02 Å². The lowest BCUT2D eigenvalue weighted by Gasteiger charge is -2.04. The standard InChI is InChI=1S/C11H10ClN3O3S2/c12-9-3-1-8(2-4-9)5-20(17,18)6-10(16)14-11-15-13-7-19-11/h1-4,7H,5-6H2,(H,14,15,16). The lowest BCUT2D eigenvalue weighted by Crippen LogP contribution is -2.23. The Labute approximate surface area is 124 Å². The zero-order valence-electron chi connectivity index (χ0n) is 10.1. The van der Waals surface area contributed by atoms with Crippen molar-refractivity contribution in [2.24, 2.45) is 0 Å². The smallest absolute Gasteiger partial charge is 0.241 e. The zero-order chi connectivity index (χ0) is 14.6. The molecule has 1 heterocycles. The molecule has 0 saturated carbocycles. The van der Waals surface area contributed by atoms with Crippen LogP contribution in [-0.2, 0) is 20.4 Å². The monoisotopic (exact) mass is 331 g/mol. The van der Waals surface area contributed by atoms with Crippen molar-refractivity contribution >= 4 is 43.8 Å². The third-order valence-electron chi connectivity index (χ3n) is 2.26. The third kappa shape index (κ3) is 4.55. The molecule has 0 spiro atoms. The molecule has 2 rings (SSSR count). The van der Waals surface area contributed by atoms with Crippen LogP contribution in [0.1, 0.15) is 5.56 Å². The fourth-order valence-electron chi connectivity index (χ4n) is 1.47. The Bertz CT molecular complexity index is 684. The van der Waals surface area contributed by atoms with Gasteiger partial charge in [0.1, 0.15) is 11.3 Å². The van der Waals surface area contributed by atoms with Crippen molar-refractivity contribution in [1.82, 2.24) is 10.2 Å². The van der Waals surface area contributed by atoms with E-state index < -0.39 is 21.5 Å². The van der Waals surface area contributed by atoms with Crippen LogP contribution in [0.15, 0.2) is 29.8 Å². The molecular formula is C11H10ClN3O3S2. The first kappa shape index (κ1) is 14.9. The number of rotatable bonds is 5. The molecule has 1 aromatic carbocycles. The summed E-state index contributed by atoms with van der Waals surface area (Å²) in [4.78, 5) is 11.6. The van der Waals surface area contributed by atoms with Gasteiger partial charge < -0.3 is 0 Å². The number of aromatic nitrogens is 2. The first-order valence-corrected chi connectivity index (χ1v) is 8.53. The number of amides is 1. The van der Waals surface area contributed by atoms with Gasteiger partial charge in [-0.25, -0.2) is 8.42 Å².